The Hall–Kier alpha value is -3.35. The summed E-state index contributed by atoms with van der Waals surface area (Å²) in [6.45, 7) is 0.739. The molecule has 2 aliphatic rings. The molecular formula is C22H24N4O3. The second kappa shape index (κ2) is 7.58. The average Bonchev–Trinajstić information content (AvgIpc) is 3.25. The maximum Gasteiger partial charge on any atom is 0.256 e. The third kappa shape index (κ3) is 3.68. The number of benzene rings is 2. The normalized spacial score (nSPS) is 19.2. The van der Waals surface area contributed by atoms with Crippen LogP contribution in [0.3, 0.4) is 0 Å². The molecule has 2 aliphatic heterocycles. The Morgan fingerprint density at radius 2 is 1.55 bits per heavy atom. The van der Waals surface area contributed by atoms with Crippen molar-refractivity contribution in [2.24, 2.45) is 0 Å². The maximum atomic E-state index is 12.8. The van der Waals surface area contributed by atoms with E-state index in [4.69, 9.17) is 0 Å². The number of hydrogen-bond acceptors (Lipinski definition) is 5. The van der Waals surface area contributed by atoms with Crippen LogP contribution in [0.5, 0.6) is 0 Å². The highest BCUT2D eigenvalue weighted by Crippen LogP contribution is 2.28. The first-order chi connectivity index (χ1) is 13.9. The molecule has 0 saturated carbocycles. The summed E-state index contributed by atoms with van der Waals surface area (Å²) in [7, 11) is 3.87. The van der Waals surface area contributed by atoms with Gasteiger partial charge in [0.05, 0.1) is 12.1 Å². The number of nitrogens with zero attached hydrogens (tertiary/aromatic N) is 3. The number of anilines is 4. The van der Waals surface area contributed by atoms with Crippen molar-refractivity contribution in [2.75, 3.05) is 40.7 Å². The van der Waals surface area contributed by atoms with E-state index in [2.05, 4.69) is 5.32 Å². The fourth-order valence-electron chi connectivity index (χ4n) is 3.78. The summed E-state index contributed by atoms with van der Waals surface area (Å²) in [5, 5.41) is 3.16. The van der Waals surface area contributed by atoms with Crippen LogP contribution in [0.1, 0.15) is 19.3 Å². The van der Waals surface area contributed by atoms with Gasteiger partial charge in [0.1, 0.15) is 6.04 Å². The van der Waals surface area contributed by atoms with Crippen LogP contribution in [0.4, 0.5) is 22.7 Å². The predicted octanol–water partition coefficient (Wildman–Crippen LogP) is 2.62. The molecule has 0 aromatic heterocycles. The standard InChI is InChI=1S/C22H24N4O3/c1-24(2)16-9-11-18(12-10-16)26-21(28)14-19(22(26)29)23-15-5-7-17(8-6-15)25-13-3-4-20(25)27/h5-12,19,23H,3-4,13-14H2,1-2H3. The maximum absolute atomic E-state index is 12.8. The van der Waals surface area contributed by atoms with Gasteiger partial charge in [0, 0.05) is 44.1 Å². The van der Waals surface area contributed by atoms with E-state index in [-0.39, 0.29) is 24.1 Å². The van der Waals surface area contributed by atoms with E-state index in [1.807, 2.05) is 55.4 Å². The van der Waals surface area contributed by atoms with Crippen molar-refractivity contribution in [1.82, 2.24) is 0 Å². The van der Waals surface area contributed by atoms with Crippen LogP contribution in [0, 0.1) is 0 Å². The second-order valence-electron chi connectivity index (χ2n) is 7.58. The second-order valence-corrected chi connectivity index (χ2v) is 7.58. The Morgan fingerprint density at radius 1 is 0.897 bits per heavy atom. The molecule has 2 fully saturated rings. The number of nitrogens with one attached hydrogen (secondary N) is 1. The van der Waals surface area contributed by atoms with Gasteiger partial charge in [0.25, 0.3) is 5.91 Å². The molecule has 4 rings (SSSR count). The summed E-state index contributed by atoms with van der Waals surface area (Å²) in [4.78, 5) is 42.2. The smallest absolute Gasteiger partial charge is 0.256 e. The zero-order chi connectivity index (χ0) is 20.5. The zero-order valence-electron chi connectivity index (χ0n) is 16.6. The van der Waals surface area contributed by atoms with Crippen molar-refractivity contribution in [1.29, 1.82) is 0 Å². The Balaban J connectivity index is 1.45. The Morgan fingerprint density at radius 3 is 2.14 bits per heavy atom. The van der Waals surface area contributed by atoms with Crippen LogP contribution in [0.2, 0.25) is 0 Å². The molecule has 2 aromatic carbocycles. The van der Waals surface area contributed by atoms with E-state index >= 15 is 0 Å². The van der Waals surface area contributed by atoms with E-state index in [1.165, 1.54) is 4.90 Å². The van der Waals surface area contributed by atoms with Gasteiger partial charge in [-0.15, -0.1) is 0 Å². The van der Waals surface area contributed by atoms with Crippen molar-refractivity contribution < 1.29 is 14.4 Å². The van der Waals surface area contributed by atoms with Gasteiger partial charge in [0.15, 0.2) is 0 Å². The predicted molar refractivity (Wildman–Crippen MR) is 113 cm³/mol. The first kappa shape index (κ1) is 19.0. The fraction of sp³-hybridized carbons (Fsp3) is 0.318. The van der Waals surface area contributed by atoms with Gasteiger partial charge in [-0.05, 0) is 55.0 Å². The number of imide groups is 1. The lowest BCUT2D eigenvalue weighted by Gasteiger charge is -2.19. The molecule has 0 aliphatic carbocycles. The van der Waals surface area contributed by atoms with Gasteiger partial charge in [-0.1, -0.05) is 0 Å². The van der Waals surface area contributed by atoms with Crippen LogP contribution in [0.25, 0.3) is 0 Å². The molecule has 2 aromatic rings. The third-order valence-corrected chi connectivity index (χ3v) is 5.36. The Labute approximate surface area is 169 Å². The molecular weight excluding hydrogens is 368 g/mol. The van der Waals surface area contributed by atoms with Crippen molar-refractivity contribution >= 4 is 40.5 Å². The van der Waals surface area contributed by atoms with Crippen molar-refractivity contribution in [3.8, 4) is 0 Å². The molecule has 0 radical (unpaired) electrons. The average molecular weight is 392 g/mol. The summed E-state index contributed by atoms with van der Waals surface area (Å²) >= 11 is 0. The van der Waals surface area contributed by atoms with Gasteiger partial charge in [-0.3, -0.25) is 14.4 Å². The van der Waals surface area contributed by atoms with E-state index in [9.17, 15) is 14.4 Å². The molecule has 1 N–H and O–H groups in total. The zero-order valence-corrected chi connectivity index (χ0v) is 16.6. The third-order valence-electron chi connectivity index (χ3n) is 5.36. The minimum Gasteiger partial charge on any atom is -0.378 e. The summed E-state index contributed by atoms with van der Waals surface area (Å²) in [6, 6.07) is 14.2. The topological polar surface area (TPSA) is 73.0 Å². The lowest BCUT2D eigenvalue weighted by Crippen LogP contribution is -2.34. The van der Waals surface area contributed by atoms with E-state index in [1.54, 1.807) is 17.0 Å². The number of hydrogen-bond donors (Lipinski definition) is 1. The lowest BCUT2D eigenvalue weighted by atomic mass is 10.2. The first-order valence-corrected chi connectivity index (χ1v) is 9.75. The molecule has 1 unspecified atom stereocenters. The molecule has 3 amide bonds. The van der Waals surface area contributed by atoms with Crippen molar-refractivity contribution in [2.45, 2.75) is 25.3 Å². The molecule has 2 heterocycles. The summed E-state index contributed by atoms with van der Waals surface area (Å²) in [5.41, 5.74) is 3.18. The first-order valence-electron chi connectivity index (χ1n) is 9.75. The van der Waals surface area contributed by atoms with Crippen LogP contribution in [-0.4, -0.2) is 44.4 Å². The molecule has 2 saturated heterocycles. The minimum atomic E-state index is -0.602. The Bertz CT molecular complexity index is 938. The fourth-order valence-corrected chi connectivity index (χ4v) is 3.78. The SMILES string of the molecule is CN(C)c1ccc(N2C(=O)CC(Nc3ccc(N4CCCC4=O)cc3)C2=O)cc1. The largest absolute Gasteiger partial charge is 0.378 e. The summed E-state index contributed by atoms with van der Waals surface area (Å²) < 4.78 is 0. The molecule has 0 spiro atoms. The number of rotatable bonds is 5. The van der Waals surface area contributed by atoms with E-state index in [0.717, 1.165) is 30.0 Å². The van der Waals surface area contributed by atoms with E-state index in [0.29, 0.717) is 12.1 Å². The van der Waals surface area contributed by atoms with Crippen molar-refractivity contribution in [3.63, 3.8) is 0 Å². The summed E-state index contributed by atoms with van der Waals surface area (Å²) in [6.07, 6.45) is 1.58. The molecule has 29 heavy (non-hydrogen) atoms. The van der Waals surface area contributed by atoms with Gasteiger partial charge in [-0.25, -0.2) is 4.90 Å². The van der Waals surface area contributed by atoms with Gasteiger partial charge < -0.3 is 15.1 Å². The lowest BCUT2D eigenvalue weighted by molar-refractivity contribution is -0.121. The van der Waals surface area contributed by atoms with Gasteiger partial charge >= 0.3 is 0 Å². The summed E-state index contributed by atoms with van der Waals surface area (Å²) in [5.74, 6) is -0.339. The number of carbonyl (C=O) groups excluding carboxylic acids is 3. The molecule has 7 nitrogen and oxygen atoms in total. The highest BCUT2D eigenvalue weighted by atomic mass is 16.2. The number of carbonyl (C=O) groups is 3. The minimum absolute atomic E-state index is 0.112. The van der Waals surface area contributed by atoms with E-state index < -0.39 is 6.04 Å². The molecule has 7 heteroatoms. The highest BCUT2D eigenvalue weighted by molar-refractivity contribution is 6.23. The molecule has 150 valence electrons. The van der Waals surface area contributed by atoms with Crippen LogP contribution >= 0.6 is 0 Å². The molecule has 0 bridgehead atoms. The van der Waals surface area contributed by atoms with Crippen LogP contribution in [-0.2, 0) is 14.4 Å². The van der Waals surface area contributed by atoms with Crippen molar-refractivity contribution in [3.05, 3.63) is 48.5 Å². The monoisotopic (exact) mass is 392 g/mol. The Kier molecular flexibility index (Phi) is 4.96. The van der Waals surface area contributed by atoms with Gasteiger partial charge in [0.2, 0.25) is 11.8 Å². The number of amides is 3. The highest BCUT2D eigenvalue weighted by Gasteiger charge is 2.39. The van der Waals surface area contributed by atoms with Crippen LogP contribution < -0.4 is 20.0 Å². The molecule has 1 atom stereocenters. The van der Waals surface area contributed by atoms with Crippen LogP contribution in [0.15, 0.2) is 48.5 Å². The van der Waals surface area contributed by atoms with Gasteiger partial charge in [-0.2, -0.15) is 0 Å². The quantitative estimate of drug-likeness (QED) is 0.792.